The van der Waals surface area contributed by atoms with Crippen molar-refractivity contribution < 1.29 is 18.0 Å². The first-order valence-electron chi connectivity index (χ1n) is 13.6. The first-order chi connectivity index (χ1) is 20.2. The molecule has 2 amide bonds. The highest BCUT2D eigenvalue weighted by Gasteiger charge is 2.33. The molecule has 1 N–H and O–H groups in total. The van der Waals surface area contributed by atoms with Gasteiger partial charge >= 0.3 is 0 Å². The van der Waals surface area contributed by atoms with Crippen molar-refractivity contribution in [2.24, 2.45) is 0 Å². The average Bonchev–Trinajstić information content (AvgIpc) is 2.98. The van der Waals surface area contributed by atoms with E-state index >= 15 is 0 Å². The van der Waals surface area contributed by atoms with E-state index in [1.54, 1.807) is 48.5 Å². The minimum atomic E-state index is -3.76. The maximum atomic E-state index is 14.1. The van der Waals surface area contributed by atoms with Crippen molar-refractivity contribution in [1.29, 1.82) is 0 Å². The van der Waals surface area contributed by atoms with E-state index in [-0.39, 0.29) is 19.0 Å². The minimum absolute atomic E-state index is 0.0273. The number of benzene rings is 4. The zero-order valence-corrected chi connectivity index (χ0v) is 25.0. The molecule has 0 heterocycles. The maximum Gasteiger partial charge on any atom is 0.247 e. The van der Waals surface area contributed by atoms with Gasteiger partial charge in [0.25, 0.3) is 0 Å². The van der Waals surface area contributed by atoms with Gasteiger partial charge in [-0.05, 0) is 40.8 Å². The van der Waals surface area contributed by atoms with E-state index in [4.69, 9.17) is 11.6 Å². The smallest absolute Gasteiger partial charge is 0.247 e. The summed E-state index contributed by atoms with van der Waals surface area (Å²) in [5.74, 6) is -0.855. The number of nitrogens with zero attached hydrogens (tertiary/aromatic N) is 2. The lowest BCUT2D eigenvalue weighted by Crippen LogP contribution is -2.48. The molecule has 0 aromatic heterocycles. The van der Waals surface area contributed by atoms with Gasteiger partial charge in [0.15, 0.2) is 0 Å². The predicted molar refractivity (Wildman–Crippen MR) is 166 cm³/mol. The third kappa shape index (κ3) is 9.01. The quantitative estimate of drug-likeness (QED) is 0.227. The van der Waals surface area contributed by atoms with Crippen molar-refractivity contribution in [3.63, 3.8) is 0 Å². The Hall–Kier alpha value is -3.98. The fraction of sp³-hybridized carbons (Fsp3) is 0.212. The molecule has 7 nitrogen and oxygen atoms in total. The van der Waals surface area contributed by atoms with Crippen LogP contribution < -0.4 is 5.32 Å². The summed E-state index contributed by atoms with van der Waals surface area (Å²) in [5, 5.41) is 3.54. The molecule has 1 atom stereocenters. The van der Waals surface area contributed by atoms with Gasteiger partial charge in [0.2, 0.25) is 21.8 Å². The van der Waals surface area contributed by atoms with Crippen LogP contribution in [0.2, 0.25) is 5.02 Å². The fourth-order valence-electron chi connectivity index (χ4n) is 4.61. The summed E-state index contributed by atoms with van der Waals surface area (Å²) in [4.78, 5) is 29.4. The normalized spacial score (nSPS) is 12.1. The lowest BCUT2D eigenvalue weighted by Gasteiger charge is -2.33. The second kappa shape index (κ2) is 14.8. The number of halogens is 1. The molecule has 9 heteroatoms. The van der Waals surface area contributed by atoms with Crippen LogP contribution in [-0.2, 0) is 39.1 Å². The van der Waals surface area contributed by atoms with Crippen LogP contribution in [0, 0.1) is 0 Å². The number of rotatable bonds is 13. The molecule has 0 spiro atoms. The van der Waals surface area contributed by atoms with E-state index < -0.39 is 28.5 Å². The largest absolute Gasteiger partial charge is 0.354 e. The molecule has 0 aliphatic heterocycles. The second-order valence-corrected chi connectivity index (χ2v) is 12.4. The molecular formula is C33H34ClN3O4S. The SMILES string of the molecule is CS(=O)(=O)N(CC(=O)N(Cc1ccc(Cl)cc1)[C@H](C(=O)NCCc1ccccc1)c1ccccc1)Cc1ccccc1. The van der Waals surface area contributed by atoms with Crippen LogP contribution in [0.25, 0.3) is 0 Å². The van der Waals surface area contributed by atoms with E-state index in [1.807, 2.05) is 66.7 Å². The Bertz CT molecular complexity index is 1550. The van der Waals surface area contributed by atoms with Gasteiger partial charge in [-0.1, -0.05) is 115 Å². The lowest BCUT2D eigenvalue weighted by molar-refractivity contribution is -0.141. The first kappa shape index (κ1) is 31.0. The van der Waals surface area contributed by atoms with E-state index in [1.165, 1.54) is 4.90 Å². The number of sulfonamides is 1. The Morgan fingerprint density at radius 3 is 1.83 bits per heavy atom. The molecule has 4 aromatic carbocycles. The molecule has 42 heavy (non-hydrogen) atoms. The molecule has 4 aromatic rings. The Labute approximate surface area is 252 Å². The van der Waals surface area contributed by atoms with E-state index in [2.05, 4.69) is 5.32 Å². The van der Waals surface area contributed by atoms with Gasteiger partial charge in [-0.25, -0.2) is 8.42 Å². The zero-order chi connectivity index (χ0) is 30.0. The van der Waals surface area contributed by atoms with E-state index in [0.29, 0.717) is 23.6 Å². The van der Waals surface area contributed by atoms with Crippen LogP contribution in [0.1, 0.15) is 28.3 Å². The Balaban J connectivity index is 1.66. The molecule has 0 saturated heterocycles. The molecule has 0 saturated carbocycles. The van der Waals surface area contributed by atoms with Gasteiger partial charge in [0, 0.05) is 24.7 Å². The van der Waals surface area contributed by atoms with Crippen molar-refractivity contribution in [1.82, 2.24) is 14.5 Å². The highest BCUT2D eigenvalue weighted by Crippen LogP contribution is 2.25. The molecule has 0 radical (unpaired) electrons. The van der Waals surface area contributed by atoms with Crippen LogP contribution >= 0.6 is 11.6 Å². The van der Waals surface area contributed by atoms with Crippen LogP contribution in [0.4, 0.5) is 0 Å². The molecule has 0 bridgehead atoms. The number of amides is 2. The third-order valence-corrected chi connectivity index (χ3v) is 8.25. The van der Waals surface area contributed by atoms with Crippen LogP contribution in [-0.4, -0.2) is 48.8 Å². The standard InChI is InChI=1S/C33H34ClN3O4S/c1-42(40,41)36(23-27-13-7-3-8-14-27)25-31(38)37(24-28-17-19-30(34)20-18-28)32(29-15-9-4-10-16-29)33(39)35-22-21-26-11-5-2-6-12-26/h2-20,32H,21-25H2,1H3,(H,35,39)/t32-/m0/s1. The molecule has 218 valence electrons. The summed E-state index contributed by atoms with van der Waals surface area (Å²) in [5.41, 5.74) is 3.19. The molecule has 0 aliphatic rings. The first-order valence-corrected chi connectivity index (χ1v) is 15.8. The lowest BCUT2D eigenvalue weighted by atomic mass is 10.0. The molecule has 0 fully saturated rings. The number of hydrogen-bond acceptors (Lipinski definition) is 4. The number of hydrogen-bond donors (Lipinski definition) is 1. The molecule has 0 aliphatic carbocycles. The number of carbonyl (C=O) groups excluding carboxylic acids is 2. The third-order valence-electron chi connectivity index (χ3n) is 6.80. The summed E-state index contributed by atoms with van der Waals surface area (Å²) in [6.45, 7) is 0.0463. The minimum Gasteiger partial charge on any atom is -0.354 e. The highest BCUT2D eigenvalue weighted by molar-refractivity contribution is 7.88. The van der Waals surface area contributed by atoms with Crippen LogP contribution in [0.5, 0.6) is 0 Å². The number of nitrogens with one attached hydrogen (secondary N) is 1. The average molecular weight is 604 g/mol. The van der Waals surface area contributed by atoms with Crippen molar-refractivity contribution in [2.45, 2.75) is 25.6 Å². The summed E-state index contributed by atoms with van der Waals surface area (Å²) < 4.78 is 26.7. The van der Waals surface area contributed by atoms with E-state index in [0.717, 1.165) is 27.3 Å². The monoisotopic (exact) mass is 603 g/mol. The van der Waals surface area contributed by atoms with Crippen molar-refractivity contribution >= 4 is 33.4 Å². The van der Waals surface area contributed by atoms with Crippen LogP contribution in [0.3, 0.4) is 0 Å². The van der Waals surface area contributed by atoms with Crippen molar-refractivity contribution in [3.8, 4) is 0 Å². The zero-order valence-electron chi connectivity index (χ0n) is 23.4. The molecule has 0 unspecified atom stereocenters. The van der Waals surface area contributed by atoms with Crippen LogP contribution in [0.15, 0.2) is 115 Å². The highest BCUT2D eigenvalue weighted by atomic mass is 35.5. The van der Waals surface area contributed by atoms with Gasteiger partial charge in [-0.15, -0.1) is 0 Å². The topological polar surface area (TPSA) is 86.8 Å². The predicted octanol–water partition coefficient (Wildman–Crippen LogP) is 5.23. The van der Waals surface area contributed by atoms with Crippen molar-refractivity contribution in [3.05, 3.63) is 143 Å². The molecular weight excluding hydrogens is 570 g/mol. The van der Waals surface area contributed by atoms with Crippen molar-refractivity contribution in [2.75, 3.05) is 19.3 Å². The Kier molecular flexibility index (Phi) is 10.9. The van der Waals surface area contributed by atoms with Gasteiger partial charge < -0.3 is 10.2 Å². The van der Waals surface area contributed by atoms with Gasteiger partial charge in [-0.3, -0.25) is 9.59 Å². The van der Waals surface area contributed by atoms with Gasteiger partial charge in [0.1, 0.15) is 6.04 Å². The van der Waals surface area contributed by atoms with Gasteiger partial charge in [0.05, 0.1) is 12.8 Å². The van der Waals surface area contributed by atoms with E-state index in [9.17, 15) is 18.0 Å². The maximum absolute atomic E-state index is 14.1. The number of carbonyl (C=O) groups is 2. The summed E-state index contributed by atoms with van der Waals surface area (Å²) in [7, 11) is -3.76. The Morgan fingerprint density at radius 1 is 0.738 bits per heavy atom. The summed E-state index contributed by atoms with van der Waals surface area (Å²) in [6.07, 6.45) is 1.70. The second-order valence-electron chi connectivity index (χ2n) is 10.0. The van der Waals surface area contributed by atoms with Gasteiger partial charge in [-0.2, -0.15) is 4.31 Å². The molecule has 4 rings (SSSR count). The fourth-order valence-corrected chi connectivity index (χ4v) is 5.46. The summed E-state index contributed by atoms with van der Waals surface area (Å²) in [6, 6.07) is 33.9. The Morgan fingerprint density at radius 2 is 1.26 bits per heavy atom. The summed E-state index contributed by atoms with van der Waals surface area (Å²) >= 11 is 6.11.